The maximum atomic E-state index is 2.94. The maximum absolute atomic E-state index is 2.94. The molecule has 0 unspecified atom stereocenters. The molecule has 0 N–H and O–H groups in total. The van der Waals surface area contributed by atoms with Gasteiger partial charge in [-0.05, 0) is 56.5 Å². The molecule has 0 aromatic heterocycles. The Bertz CT molecular complexity index is 309. The molecular formula is C17H38N2Si2. The van der Waals surface area contributed by atoms with Crippen LogP contribution in [0.25, 0.3) is 0 Å². The van der Waals surface area contributed by atoms with Crippen molar-refractivity contribution in [1.29, 1.82) is 0 Å². The van der Waals surface area contributed by atoms with Crippen LogP contribution < -0.4 is 0 Å². The van der Waals surface area contributed by atoms with Gasteiger partial charge in [0.15, 0.2) is 0 Å². The van der Waals surface area contributed by atoms with Gasteiger partial charge in [0.05, 0.1) is 0 Å². The van der Waals surface area contributed by atoms with Crippen molar-refractivity contribution in [3.8, 4) is 0 Å². The van der Waals surface area contributed by atoms with E-state index in [1.165, 1.54) is 64.7 Å². The maximum Gasteiger partial charge on any atom is 0.126 e. The molecular weight excluding hydrogens is 288 g/mol. The van der Waals surface area contributed by atoms with E-state index in [1.807, 2.05) is 0 Å². The second-order valence-electron chi connectivity index (χ2n) is 8.84. The molecule has 4 heteroatoms. The Balaban J connectivity index is 2.20. The quantitative estimate of drug-likeness (QED) is 0.692. The minimum absolute atomic E-state index is 0.536. The topological polar surface area (TPSA) is 6.48 Å². The average Bonchev–Trinajstić information content (AvgIpc) is 2.48. The van der Waals surface area contributed by atoms with Crippen LogP contribution in [0.5, 0.6) is 0 Å². The van der Waals surface area contributed by atoms with Gasteiger partial charge in [0.2, 0.25) is 0 Å². The highest BCUT2D eigenvalue weighted by Crippen LogP contribution is 2.49. The summed E-state index contributed by atoms with van der Waals surface area (Å²) >= 11 is 0. The standard InChI is InChI=1S/C17H38N2Si2/c1-17(2,20(3,4)18-13-9-7-10-14-18)21(5,6)19-15-11-8-12-16-19/h7-16H2,1-6H3. The molecule has 0 radical (unpaired) electrons. The van der Waals surface area contributed by atoms with Gasteiger partial charge in [0.1, 0.15) is 16.5 Å². The van der Waals surface area contributed by atoms with E-state index in [1.54, 1.807) is 0 Å². The zero-order valence-corrected chi connectivity index (χ0v) is 17.5. The minimum atomic E-state index is -1.40. The second-order valence-corrected chi connectivity index (χ2v) is 19.3. The monoisotopic (exact) mass is 326 g/mol. The van der Waals surface area contributed by atoms with Crippen molar-refractivity contribution in [2.45, 2.75) is 83.2 Å². The zero-order valence-electron chi connectivity index (χ0n) is 15.5. The Morgan fingerprint density at radius 2 is 0.857 bits per heavy atom. The van der Waals surface area contributed by atoms with Gasteiger partial charge in [0.25, 0.3) is 0 Å². The molecule has 0 spiro atoms. The molecule has 124 valence electrons. The van der Waals surface area contributed by atoms with E-state index in [-0.39, 0.29) is 0 Å². The normalized spacial score (nSPS) is 24.3. The summed E-state index contributed by atoms with van der Waals surface area (Å²) in [6.45, 7) is 21.4. The van der Waals surface area contributed by atoms with Crippen molar-refractivity contribution in [1.82, 2.24) is 9.13 Å². The van der Waals surface area contributed by atoms with Crippen LogP contribution in [0.2, 0.25) is 30.8 Å². The summed E-state index contributed by atoms with van der Waals surface area (Å²) in [5.74, 6) is 0. The Morgan fingerprint density at radius 1 is 0.571 bits per heavy atom. The van der Waals surface area contributed by atoms with Crippen molar-refractivity contribution in [3.05, 3.63) is 0 Å². The summed E-state index contributed by atoms with van der Waals surface area (Å²) in [5, 5.41) is 0. The number of nitrogens with zero attached hydrogens (tertiary/aromatic N) is 2. The van der Waals surface area contributed by atoms with Gasteiger partial charge < -0.3 is 9.13 Å². The molecule has 21 heavy (non-hydrogen) atoms. The van der Waals surface area contributed by atoms with E-state index in [0.29, 0.717) is 4.66 Å². The lowest BCUT2D eigenvalue weighted by atomic mass is 10.2. The van der Waals surface area contributed by atoms with Crippen molar-refractivity contribution in [2.75, 3.05) is 26.2 Å². The van der Waals surface area contributed by atoms with Crippen LogP contribution >= 0.6 is 0 Å². The summed E-state index contributed by atoms with van der Waals surface area (Å²) in [6, 6.07) is 0. The molecule has 2 nitrogen and oxygen atoms in total. The smallest absolute Gasteiger partial charge is 0.126 e. The van der Waals surface area contributed by atoms with Gasteiger partial charge in [0, 0.05) is 0 Å². The first kappa shape index (κ1) is 17.7. The first-order chi connectivity index (χ1) is 9.71. The molecule has 0 aromatic carbocycles. The van der Waals surface area contributed by atoms with E-state index in [9.17, 15) is 0 Å². The number of hydrogen-bond acceptors (Lipinski definition) is 2. The predicted octanol–water partition coefficient (Wildman–Crippen LogP) is 4.69. The fraction of sp³-hybridized carbons (Fsp3) is 1.00. The highest BCUT2D eigenvalue weighted by Gasteiger charge is 2.55. The summed E-state index contributed by atoms with van der Waals surface area (Å²) in [6.07, 6.45) is 8.62. The Kier molecular flexibility index (Phi) is 5.45. The summed E-state index contributed by atoms with van der Waals surface area (Å²) < 4.78 is 6.42. The third-order valence-electron chi connectivity index (χ3n) is 7.35. The van der Waals surface area contributed by atoms with E-state index in [4.69, 9.17) is 0 Å². The Hall–Kier alpha value is 0.354. The predicted molar refractivity (Wildman–Crippen MR) is 99.9 cm³/mol. The second kappa shape index (κ2) is 6.46. The fourth-order valence-electron chi connectivity index (χ4n) is 4.45. The molecule has 0 atom stereocenters. The molecule has 0 bridgehead atoms. The summed E-state index contributed by atoms with van der Waals surface area (Å²) in [4.78, 5) is 0. The van der Waals surface area contributed by atoms with Gasteiger partial charge in [-0.15, -0.1) is 0 Å². The van der Waals surface area contributed by atoms with Gasteiger partial charge >= 0.3 is 0 Å². The third-order valence-corrected chi connectivity index (χ3v) is 21.2. The number of hydrogen-bond donors (Lipinski definition) is 0. The Morgan fingerprint density at radius 3 is 1.14 bits per heavy atom. The molecule has 2 fully saturated rings. The molecule has 2 rings (SSSR count). The van der Waals surface area contributed by atoms with Crippen LogP contribution in [0.4, 0.5) is 0 Å². The van der Waals surface area contributed by atoms with E-state index in [0.717, 1.165) is 0 Å². The van der Waals surface area contributed by atoms with E-state index >= 15 is 0 Å². The molecule has 0 aliphatic carbocycles. The first-order valence-electron chi connectivity index (χ1n) is 9.21. The lowest BCUT2D eigenvalue weighted by molar-refractivity contribution is 0.318. The Labute approximate surface area is 135 Å². The lowest BCUT2D eigenvalue weighted by Crippen LogP contribution is -2.69. The van der Waals surface area contributed by atoms with Crippen LogP contribution in [-0.4, -0.2) is 51.8 Å². The van der Waals surface area contributed by atoms with Crippen LogP contribution in [0, 0.1) is 0 Å². The van der Waals surface area contributed by atoms with Crippen LogP contribution in [0.1, 0.15) is 52.4 Å². The molecule has 2 saturated heterocycles. The highest BCUT2D eigenvalue weighted by molar-refractivity contribution is 6.97. The summed E-state index contributed by atoms with van der Waals surface area (Å²) in [7, 11) is -2.79. The SMILES string of the molecule is CC(C)([Si](C)(C)N1CCCCC1)[Si](C)(C)N1CCCCC1. The number of piperidine rings is 2. The van der Waals surface area contributed by atoms with E-state index < -0.39 is 16.5 Å². The van der Waals surface area contributed by atoms with Crippen molar-refractivity contribution in [3.63, 3.8) is 0 Å². The molecule has 0 saturated carbocycles. The van der Waals surface area contributed by atoms with Crippen molar-refractivity contribution in [2.24, 2.45) is 0 Å². The minimum Gasteiger partial charge on any atom is -0.323 e. The van der Waals surface area contributed by atoms with Crippen molar-refractivity contribution >= 4 is 16.5 Å². The van der Waals surface area contributed by atoms with Crippen LogP contribution in [0.3, 0.4) is 0 Å². The van der Waals surface area contributed by atoms with Gasteiger partial charge in [-0.2, -0.15) is 0 Å². The summed E-state index contributed by atoms with van der Waals surface area (Å²) in [5.41, 5.74) is 0. The largest absolute Gasteiger partial charge is 0.323 e. The van der Waals surface area contributed by atoms with Gasteiger partial charge in [-0.3, -0.25) is 0 Å². The van der Waals surface area contributed by atoms with E-state index in [2.05, 4.69) is 49.2 Å². The van der Waals surface area contributed by atoms with Crippen molar-refractivity contribution < 1.29 is 0 Å². The number of rotatable bonds is 4. The lowest BCUT2D eigenvalue weighted by Gasteiger charge is -2.58. The van der Waals surface area contributed by atoms with Crippen LogP contribution in [0.15, 0.2) is 0 Å². The molecule has 2 heterocycles. The fourth-order valence-corrected chi connectivity index (χ4v) is 15.8. The molecule has 2 aliphatic heterocycles. The molecule has 0 amide bonds. The molecule has 0 aromatic rings. The highest BCUT2D eigenvalue weighted by atomic mass is 28.4. The van der Waals surface area contributed by atoms with Gasteiger partial charge in [-0.25, -0.2) is 0 Å². The van der Waals surface area contributed by atoms with Crippen LogP contribution in [-0.2, 0) is 0 Å². The molecule has 2 aliphatic rings. The zero-order chi connectivity index (χ0) is 15.7. The first-order valence-corrected chi connectivity index (χ1v) is 15.1. The average molecular weight is 327 g/mol. The third kappa shape index (κ3) is 3.19. The van der Waals surface area contributed by atoms with Gasteiger partial charge in [-0.1, -0.05) is 52.9 Å².